The fourth-order valence-electron chi connectivity index (χ4n) is 7.89. The van der Waals surface area contributed by atoms with Crippen molar-refractivity contribution in [1.29, 1.82) is 4.20 Å². The van der Waals surface area contributed by atoms with Gasteiger partial charge in [0.15, 0.2) is 0 Å². The van der Waals surface area contributed by atoms with E-state index in [2.05, 4.69) is 186 Å². The number of anilines is 3. The van der Waals surface area contributed by atoms with E-state index >= 15 is 0 Å². The molecular weight excluding hydrogens is 926 g/mol. The first-order chi connectivity index (χ1) is 27.8. The first kappa shape index (κ1) is 52.2. The van der Waals surface area contributed by atoms with Crippen molar-refractivity contribution in [2.75, 3.05) is 54.7 Å². The molecule has 0 aliphatic carbocycles. The van der Waals surface area contributed by atoms with Gasteiger partial charge in [0.25, 0.3) is 0 Å². The zero-order valence-electron chi connectivity index (χ0n) is 35.5. The van der Waals surface area contributed by atoms with Crippen LogP contribution in [0.2, 0.25) is 0 Å². The van der Waals surface area contributed by atoms with Crippen LogP contribution in [0.4, 0.5) is 67.4 Å². The summed E-state index contributed by atoms with van der Waals surface area (Å²) in [6.07, 6.45) is 13.5. The first-order valence-electron chi connectivity index (χ1n) is 18.7. The Bertz CT molecular complexity index is 1920. The van der Waals surface area contributed by atoms with E-state index in [1.165, 1.54) is 67.1 Å². The van der Waals surface area contributed by atoms with Crippen molar-refractivity contribution in [1.82, 2.24) is 19.6 Å². The Balaban J connectivity index is 0.000000548. The van der Waals surface area contributed by atoms with Gasteiger partial charge in [-0.25, -0.2) is 0 Å². The van der Waals surface area contributed by atoms with E-state index in [4.69, 9.17) is 4.20 Å². The summed E-state index contributed by atoms with van der Waals surface area (Å²) in [5.41, 5.74) is 15.9. The Morgan fingerprint density at radius 3 is 0.758 bits per heavy atom. The second-order valence-corrected chi connectivity index (χ2v) is 19.6. The summed E-state index contributed by atoms with van der Waals surface area (Å²) in [6, 6.07) is 13.7. The number of aryl methyl sites for hydroxylation is 9. The van der Waals surface area contributed by atoms with Gasteiger partial charge >= 0.3 is 85.8 Å². The number of rotatable bonds is 9. The molecule has 0 aromatic heterocycles. The van der Waals surface area contributed by atoms with Crippen LogP contribution in [0.3, 0.4) is 0 Å². The third-order valence-electron chi connectivity index (χ3n) is 9.29. The molecule has 0 amide bonds. The van der Waals surface area contributed by atoms with E-state index in [1.807, 2.05) is 0 Å². The molecule has 351 valence electrons. The molecule has 0 saturated carbocycles. The number of nitrogens with zero attached hydrogens (tertiary/aromatic N) is 8. The van der Waals surface area contributed by atoms with Crippen LogP contribution < -0.4 is 14.7 Å². The van der Waals surface area contributed by atoms with Crippen LogP contribution in [0, 0.1) is 66.5 Å². The Kier molecular flexibility index (Phi) is 14.7. The zero-order chi connectivity index (χ0) is 47.5. The van der Waals surface area contributed by atoms with Crippen molar-refractivity contribution < 1.29 is 66.0 Å². The fourth-order valence-corrected chi connectivity index (χ4v) is 7.89. The Labute approximate surface area is 362 Å². The molecule has 0 unspecified atom stereocenters. The molecule has 0 atom stereocenters. The molecule has 0 fully saturated rings. The summed E-state index contributed by atoms with van der Waals surface area (Å²) in [5, 5.41) is 0. The van der Waals surface area contributed by atoms with Crippen molar-refractivity contribution in [3.63, 3.8) is 0 Å². The molecule has 3 aromatic rings. The van der Waals surface area contributed by atoms with Crippen LogP contribution >= 0.6 is 15.6 Å². The van der Waals surface area contributed by atoms with Crippen molar-refractivity contribution in [2.24, 2.45) is 0 Å². The van der Waals surface area contributed by atoms with Crippen LogP contribution in [0.1, 0.15) is 50.1 Å². The van der Waals surface area contributed by atoms with Gasteiger partial charge in [-0.15, -0.1) is 0 Å². The first-order valence-corrected chi connectivity index (χ1v) is 23.2. The van der Waals surface area contributed by atoms with Crippen LogP contribution in [0.25, 0.3) is 0 Å². The van der Waals surface area contributed by atoms with Crippen molar-refractivity contribution in [2.45, 2.75) is 62.3 Å². The second-order valence-electron chi connectivity index (χ2n) is 15.7. The van der Waals surface area contributed by atoms with Gasteiger partial charge in [-0.3, -0.25) is 4.90 Å². The number of hydrogen-bond donors (Lipinski definition) is 0. The van der Waals surface area contributed by atoms with E-state index in [0.29, 0.717) is 0 Å². The monoisotopic (exact) mass is 977 g/mol. The predicted octanol–water partition coefficient (Wildman–Crippen LogP) is 14.5. The summed E-state index contributed by atoms with van der Waals surface area (Å²) in [6.45, 7) is 24.9. The van der Waals surface area contributed by atoms with Gasteiger partial charge in [0, 0.05) is 54.3 Å². The van der Waals surface area contributed by atoms with Crippen molar-refractivity contribution in [3.8, 4) is 0 Å². The SMILES string of the molecule is Cc1cc(C)c(N2C=CN(CN(CN3C=CN(c4c(C)cc(C)cc4C)C3)CN3C=CN(c4c(C)cc(C)cc4C)C3)C2)c(C)c1.F[P-](F)(F)(F)(F)F.F[P-](F)(F)(F)(F)F.[N]#[Fe]. The van der Waals surface area contributed by atoms with E-state index in [1.54, 1.807) is 0 Å². The molecule has 3 aliphatic heterocycles. The summed E-state index contributed by atoms with van der Waals surface area (Å²) < 4.78 is 125. The topological polar surface area (TPSA) is 46.5 Å². The predicted molar refractivity (Wildman–Crippen MR) is 222 cm³/mol. The average molecular weight is 978 g/mol. The molecule has 8 nitrogen and oxygen atoms in total. The zero-order valence-corrected chi connectivity index (χ0v) is 38.4. The van der Waals surface area contributed by atoms with Crippen LogP contribution in [0.5, 0.6) is 0 Å². The Morgan fingerprint density at radius 1 is 0.403 bits per heavy atom. The molecule has 0 radical (unpaired) electrons. The Hall–Kier alpha value is -4.11. The van der Waals surface area contributed by atoms with Crippen molar-refractivity contribution >= 4 is 32.7 Å². The minimum absolute atomic E-state index is 0.830. The van der Waals surface area contributed by atoms with Crippen LogP contribution in [0.15, 0.2) is 73.6 Å². The third kappa shape index (κ3) is 18.7. The molecule has 23 heteroatoms. The molecule has 3 aliphatic rings. The molecule has 0 saturated heterocycles. The van der Waals surface area contributed by atoms with Gasteiger partial charge in [-0.2, -0.15) is 0 Å². The molecule has 0 bridgehead atoms. The van der Waals surface area contributed by atoms with Gasteiger partial charge in [0.05, 0.1) is 40.0 Å². The summed E-state index contributed by atoms with van der Waals surface area (Å²) >= 11 is 2.25. The minimum atomic E-state index is -10.7. The normalized spacial score (nSPS) is 17.2. The second kappa shape index (κ2) is 17.5. The van der Waals surface area contributed by atoms with Gasteiger partial charge < -0.3 is 29.4 Å². The average Bonchev–Trinajstić information content (AvgIpc) is 3.80. The van der Waals surface area contributed by atoms with Crippen LogP contribution in [-0.4, -0.2) is 59.6 Å². The summed E-state index contributed by atoms with van der Waals surface area (Å²) in [7, 11) is -21.3. The number of benzene rings is 3. The van der Waals surface area contributed by atoms with E-state index in [9.17, 15) is 50.4 Å². The molecule has 0 N–H and O–H groups in total. The van der Waals surface area contributed by atoms with E-state index < -0.39 is 15.6 Å². The van der Waals surface area contributed by atoms with Gasteiger partial charge in [0.2, 0.25) is 0 Å². The molecular formula is C39H51F12FeN8P2-2. The molecule has 6 rings (SSSR count). The van der Waals surface area contributed by atoms with Gasteiger partial charge in [-0.05, 0) is 95.7 Å². The number of halogens is 12. The molecule has 62 heavy (non-hydrogen) atoms. The van der Waals surface area contributed by atoms with E-state index in [0.717, 1.165) is 40.0 Å². The molecule has 3 aromatic carbocycles. The Morgan fingerprint density at radius 2 is 0.581 bits per heavy atom. The summed E-state index contributed by atoms with van der Waals surface area (Å²) in [4.78, 5) is 17.0. The number of hydrogen-bond acceptors (Lipinski definition) is 8. The maximum atomic E-state index is 9.87. The van der Waals surface area contributed by atoms with Gasteiger partial charge in [-0.1, -0.05) is 53.1 Å². The molecule has 0 spiro atoms. The van der Waals surface area contributed by atoms with Crippen molar-refractivity contribution in [3.05, 3.63) is 124 Å². The quantitative estimate of drug-likeness (QED) is 0.119. The third-order valence-corrected chi connectivity index (χ3v) is 9.29. The molecule has 3 heterocycles. The summed E-state index contributed by atoms with van der Waals surface area (Å²) in [5.74, 6) is 0. The van der Waals surface area contributed by atoms with Crippen LogP contribution in [-0.2, 0) is 15.6 Å². The standard InChI is InChI=1S/C39H51N7.2F6P.Fe.N/c1-28-16-31(4)37(32(5)17-28)44-13-10-40(25-44)22-43(23-41-11-14-45(26-41)38-33(6)18-29(2)19-34(38)7)24-42-12-15-46(27-42)39-35(8)20-30(3)21-36(39)9;2*1-7(2,3,4,5)6;;/h10-21H,22-27H2,1-9H3;;;;/q;2*-1;;. The van der Waals surface area contributed by atoms with Gasteiger partial charge in [0.1, 0.15) is 0 Å². The van der Waals surface area contributed by atoms with E-state index in [-0.39, 0.29) is 0 Å². The fraction of sp³-hybridized carbons (Fsp3) is 0.385. The maximum absolute atomic E-state index is 10.7.